The number of likely N-dealkylation sites (tertiary alicyclic amines) is 1. The van der Waals surface area contributed by atoms with Gasteiger partial charge in [-0.15, -0.1) is 0 Å². The summed E-state index contributed by atoms with van der Waals surface area (Å²) in [5.41, 5.74) is 0. The predicted octanol–water partition coefficient (Wildman–Crippen LogP) is 0.607. The van der Waals surface area contributed by atoms with Crippen molar-refractivity contribution in [2.75, 3.05) is 32.8 Å². The van der Waals surface area contributed by atoms with Crippen molar-refractivity contribution in [2.45, 2.75) is 32.1 Å². The molecule has 4 nitrogen and oxygen atoms in total. The fourth-order valence-electron chi connectivity index (χ4n) is 2.97. The molecule has 0 aromatic rings. The maximum atomic E-state index is 12.1. The molecule has 2 atom stereocenters. The zero-order valence-corrected chi connectivity index (χ0v) is 10.5. The van der Waals surface area contributed by atoms with Crippen LogP contribution < -0.4 is 5.32 Å². The number of piperidine rings is 1. The lowest BCUT2D eigenvalue weighted by atomic mass is 9.94. The van der Waals surface area contributed by atoms with Gasteiger partial charge in [0.15, 0.2) is 0 Å². The molecule has 2 unspecified atom stereocenters. The lowest BCUT2D eigenvalue weighted by Gasteiger charge is -2.33. The van der Waals surface area contributed by atoms with Crippen LogP contribution in [0, 0.1) is 11.8 Å². The SMILES string of the molecule is O=C(CC1CCNC1)N1CCCC(CCO)C1. The van der Waals surface area contributed by atoms with Gasteiger partial charge in [0.25, 0.3) is 0 Å². The fraction of sp³-hybridized carbons (Fsp3) is 0.923. The van der Waals surface area contributed by atoms with Crippen molar-refractivity contribution < 1.29 is 9.90 Å². The average Bonchev–Trinajstić information content (AvgIpc) is 2.83. The molecule has 0 aromatic heterocycles. The van der Waals surface area contributed by atoms with Crippen molar-refractivity contribution >= 4 is 5.91 Å². The molecule has 4 heteroatoms. The summed E-state index contributed by atoms with van der Waals surface area (Å²) in [6.07, 6.45) is 4.95. The van der Waals surface area contributed by atoms with Crippen molar-refractivity contribution in [1.82, 2.24) is 10.2 Å². The predicted molar refractivity (Wildman–Crippen MR) is 66.6 cm³/mol. The van der Waals surface area contributed by atoms with E-state index in [0.29, 0.717) is 24.2 Å². The first-order chi connectivity index (χ1) is 8.29. The van der Waals surface area contributed by atoms with Gasteiger partial charge in [-0.2, -0.15) is 0 Å². The van der Waals surface area contributed by atoms with E-state index in [1.807, 2.05) is 4.90 Å². The number of carbonyl (C=O) groups is 1. The summed E-state index contributed by atoms with van der Waals surface area (Å²) in [4.78, 5) is 14.2. The second kappa shape index (κ2) is 6.36. The van der Waals surface area contributed by atoms with E-state index in [1.54, 1.807) is 0 Å². The van der Waals surface area contributed by atoms with Crippen LogP contribution in [-0.2, 0) is 4.79 Å². The Bertz CT molecular complexity index is 250. The number of aliphatic hydroxyl groups is 1. The molecule has 0 saturated carbocycles. The van der Waals surface area contributed by atoms with E-state index in [2.05, 4.69) is 5.32 Å². The topological polar surface area (TPSA) is 52.6 Å². The third-order valence-electron chi connectivity index (χ3n) is 4.03. The largest absolute Gasteiger partial charge is 0.396 e. The molecule has 0 spiro atoms. The second-order valence-electron chi connectivity index (χ2n) is 5.42. The zero-order chi connectivity index (χ0) is 12.1. The Morgan fingerprint density at radius 3 is 2.94 bits per heavy atom. The molecule has 0 bridgehead atoms. The van der Waals surface area contributed by atoms with Gasteiger partial charge < -0.3 is 15.3 Å². The third-order valence-corrected chi connectivity index (χ3v) is 4.03. The lowest BCUT2D eigenvalue weighted by Crippen LogP contribution is -2.41. The van der Waals surface area contributed by atoms with Crippen LogP contribution >= 0.6 is 0 Å². The van der Waals surface area contributed by atoms with Crippen LogP contribution in [0.5, 0.6) is 0 Å². The minimum Gasteiger partial charge on any atom is -0.396 e. The van der Waals surface area contributed by atoms with Crippen molar-refractivity contribution in [3.63, 3.8) is 0 Å². The summed E-state index contributed by atoms with van der Waals surface area (Å²) < 4.78 is 0. The fourth-order valence-corrected chi connectivity index (χ4v) is 2.97. The van der Waals surface area contributed by atoms with E-state index >= 15 is 0 Å². The summed E-state index contributed by atoms with van der Waals surface area (Å²) in [6.45, 7) is 4.09. The molecule has 98 valence electrons. The number of hydrogen-bond donors (Lipinski definition) is 2. The quantitative estimate of drug-likeness (QED) is 0.757. The number of nitrogens with zero attached hydrogens (tertiary/aromatic N) is 1. The molecule has 0 radical (unpaired) electrons. The highest BCUT2D eigenvalue weighted by Crippen LogP contribution is 2.21. The zero-order valence-electron chi connectivity index (χ0n) is 10.5. The number of carbonyl (C=O) groups excluding carboxylic acids is 1. The molecular weight excluding hydrogens is 216 g/mol. The maximum absolute atomic E-state index is 12.1. The third kappa shape index (κ3) is 3.68. The molecule has 2 saturated heterocycles. The first-order valence-electron chi connectivity index (χ1n) is 6.89. The van der Waals surface area contributed by atoms with Crippen LogP contribution in [0.25, 0.3) is 0 Å². The lowest BCUT2D eigenvalue weighted by molar-refractivity contribution is -0.134. The molecule has 2 aliphatic rings. The van der Waals surface area contributed by atoms with E-state index in [1.165, 1.54) is 0 Å². The highest BCUT2D eigenvalue weighted by Gasteiger charge is 2.26. The molecular formula is C13H24N2O2. The monoisotopic (exact) mass is 240 g/mol. The molecule has 17 heavy (non-hydrogen) atoms. The van der Waals surface area contributed by atoms with Gasteiger partial charge in [0, 0.05) is 26.1 Å². The Morgan fingerprint density at radius 1 is 1.35 bits per heavy atom. The Balaban J connectivity index is 1.77. The van der Waals surface area contributed by atoms with Crippen molar-refractivity contribution in [1.29, 1.82) is 0 Å². The van der Waals surface area contributed by atoms with Gasteiger partial charge in [-0.25, -0.2) is 0 Å². The van der Waals surface area contributed by atoms with E-state index < -0.39 is 0 Å². The molecule has 2 heterocycles. The highest BCUT2D eigenvalue weighted by molar-refractivity contribution is 5.76. The number of nitrogens with one attached hydrogen (secondary N) is 1. The smallest absolute Gasteiger partial charge is 0.222 e. The summed E-state index contributed by atoms with van der Waals surface area (Å²) >= 11 is 0. The van der Waals surface area contributed by atoms with Crippen molar-refractivity contribution in [2.24, 2.45) is 11.8 Å². The van der Waals surface area contributed by atoms with Crippen LogP contribution in [0.15, 0.2) is 0 Å². The van der Waals surface area contributed by atoms with Gasteiger partial charge in [0.05, 0.1) is 0 Å². The maximum Gasteiger partial charge on any atom is 0.222 e. The summed E-state index contributed by atoms with van der Waals surface area (Å²) in [6, 6.07) is 0. The van der Waals surface area contributed by atoms with E-state index in [0.717, 1.165) is 51.9 Å². The Morgan fingerprint density at radius 2 is 2.24 bits per heavy atom. The van der Waals surface area contributed by atoms with E-state index in [4.69, 9.17) is 5.11 Å². The number of amides is 1. The first kappa shape index (κ1) is 12.8. The Kier molecular flexibility index (Phi) is 4.80. The molecule has 1 amide bonds. The Labute approximate surface area is 103 Å². The van der Waals surface area contributed by atoms with Gasteiger partial charge in [-0.05, 0) is 50.6 Å². The standard InChI is InChI=1S/C13H24N2O2/c16-7-4-11-2-1-6-15(10-11)13(17)8-12-3-5-14-9-12/h11-12,14,16H,1-10H2. The van der Waals surface area contributed by atoms with Gasteiger partial charge in [-0.3, -0.25) is 4.79 Å². The van der Waals surface area contributed by atoms with Crippen LogP contribution in [0.4, 0.5) is 0 Å². The second-order valence-corrected chi connectivity index (χ2v) is 5.42. The number of rotatable bonds is 4. The van der Waals surface area contributed by atoms with Crippen molar-refractivity contribution in [3.05, 3.63) is 0 Å². The van der Waals surface area contributed by atoms with E-state index in [-0.39, 0.29) is 6.61 Å². The van der Waals surface area contributed by atoms with Gasteiger partial charge in [-0.1, -0.05) is 0 Å². The molecule has 2 aliphatic heterocycles. The van der Waals surface area contributed by atoms with E-state index in [9.17, 15) is 4.79 Å². The normalized spacial score (nSPS) is 29.6. The molecule has 0 aliphatic carbocycles. The van der Waals surface area contributed by atoms with Gasteiger partial charge in [0.1, 0.15) is 0 Å². The Hall–Kier alpha value is -0.610. The van der Waals surface area contributed by atoms with Crippen LogP contribution in [-0.4, -0.2) is 48.7 Å². The van der Waals surface area contributed by atoms with Gasteiger partial charge >= 0.3 is 0 Å². The van der Waals surface area contributed by atoms with Crippen LogP contribution in [0.2, 0.25) is 0 Å². The summed E-state index contributed by atoms with van der Waals surface area (Å²) in [5.74, 6) is 1.38. The number of aliphatic hydroxyl groups excluding tert-OH is 1. The average molecular weight is 240 g/mol. The van der Waals surface area contributed by atoms with Crippen LogP contribution in [0.1, 0.15) is 32.1 Å². The molecule has 2 rings (SSSR count). The molecule has 0 aromatic carbocycles. The highest BCUT2D eigenvalue weighted by atomic mass is 16.3. The molecule has 2 fully saturated rings. The minimum absolute atomic E-state index is 0.249. The van der Waals surface area contributed by atoms with Crippen molar-refractivity contribution in [3.8, 4) is 0 Å². The first-order valence-corrected chi connectivity index (χ1v) is 6.89. The van der Waals surface area contributed by atoms with Crippen LogP contribution in [0.3, 0.4) is 0 Å². The minimum atomic E-state index is 0.249. The molecule has 2 N–H and O–H groups in total. The number of hydrogen-bond acceptors (Lipinski definition) is 3. The summed E-state index contributed by atoms with van der Waals surface area (Å²) in [7, 11) is 0. The van der Waals surface area contributed by atoms with Gasteiger partial charge in [0.2, 0.25) is 5.91 Å². The summed E-state index contributed by atoms with van der Waals surface area (Å²) in [5, 5.41) is 12.3.